The van der Waals surface area contributed by atoms with Crippen LogP contribution in [0.4, 0.5) is 5.69 Å². The van der Waals surface area contributed by atoms with Gasteiger partial charge < -0.3 is 19.5 Å². The standard InChI is InChI=1S/C26H25NO5/c1-3-18-31-23-11-4-19(5-12-23)6-17-25(28)32-24-13-7-20(8-14-24)26(29)27-21-9-15-22(30-2)16-10-21/h4-17H,3,18H2,1-2H3,(H,27,29)/b17-6+. The van der Waals surface area contributed by atoms with Gasteiger partial charge in [0.15, 0.2) is 0 Å². The third kappa shape index (κ3) is 6.74. The number of carbonyl (C=O) groups is 2. The maximum absolute atomic E-state index is 12.4. The lowest BCUT2D eigenvalue weighted by Crippen LogP contribution is -2.12. The van der Waals surface area contributed by atoms with E-state index in [0.717, 1.165) is 17.7 Å². The minimum Gasteiger partial charge on any atom is -0.497 e. The Hall–Kier alpha value is -4.06. The molecule has 3 aromatic rings. The van der Waals surface area contributed by atoms with E-state index in [0.29, 0.717) is 29.4 Å². The molecule has 0 heterocycles. The molecule has 0 aliphatic carbocycles. The van der Waals surface area contributed by atoms with Crippen molar-refractivity contribution in [1.29, 1.82) is 0 Å². The molecule has 0 spiro atoms. The number of benzene rings is 3. The van der Waals surface area contributed by atoms with Gasteiger partial charge in [0.2, 0.25) is 0 Å². The highest BCUT2D eigenvalue weighted by atomic mass is 16.5. The summed E-state index contributed by atoms with van der Waals surface area (Å²) in [5, 5.41) is 2.80. The molecule has 0 aliphatic rings. The van der Waals surface area contributed by atoms with Gasteiger partial charge in [0.1, 0.15) is 17.2 Å². The molecule has 1 N–H and O–H groups in total. The molecule has 1 amide bonds. The summed E-state index contributed by atoms with van der Waals surface area (Å²) in [5.41, 5.74) is 1.96. The summed E-state index contributed by atoms with van der Waals surface area (Å²) in [7, 11) is 1.58. The summed E-state index contributed by atoms with van der Waals surface area (Å²) >= 11 is 0. The van der Waals surface area contributed by atoms with Gasteiger partial charge in [-0.3, -0.25) is 4.79 Å². The normalized spacial score (nSPS) is 10.6. The third-order valence-corrected chi connectivity index (χ3v) is 4.45. The van der Waals surface area contributed by atoms with Gasteiger partial charge in [0, 0.05) is 17.3 Å². The van der Waals surface area contributed by atoms with Gasteiger partial charge in [-0.25, -0.2) is 4.79 Å². The summed E-state index contributed by atoms with van der Waals surface area (Å²) < 4.78 is 15.9. The van der Waals surface area contributed by atoms with Crippen LogP contribution in [0.15, 0.2) is 78.9 Å². The zero-order valence-electron chi connectivity index (χ0n) is 18.0. The van der Waals surface area contributed by atoms with E-state index in [9.17, 15) is 9.59 Å². The fourth-order valence-electron chi connectivity index (χ4n) is 2.76. The highest BCUT2D eigenvalue weighted by Gasteiger charge is 2.08. The largest absolute Gasteiger partial charge is 0.497 e. The summed E-state index contributed by atoms with van der Waals surface area (Å²) in [4.78, 5) is 24.5. The van der Waals surface area contributed by atoms with E-state index in [4.69, 9.17) is 14.2 Å². The van der Waals surface area contributed by atoms with Gasteiger partial charge in [-0.1, -0.05) is 19.1 Å². The Kier molecular flexibility index (Phi) is 8.03. The minimum absolute atomic E-state index is 0.265. The topological polar surface area (TPSA) is 73.9 Å². The van der Waals surface area contributed by atoms with Crippen molar-refractivity contribution < 1.29 is 23.8 Å². The molecule has 32 heavy (non-hydrogen) atoms. The first kappa shape index (κ1) is 22.6. The van der Waals surface area contributed by atoms with Gasteiger partial charge in [-0.2, -0.15) is 0 Å². The van der Waals surface area contributed by atoms with Crippen LogP contribution < -0.4 is 19.5 Å². The lowest BCUT2D eigenvalue weighted by molar-refractivity contribution is -0.128. The Labute approximate surface area is 187 Å². The molecule has 3 aromatic carbocycles. The highest BCUT2D eigenvalue weighted by molar-refractivity contribution is 6.04. The molecule has 0 saturated heterocycles. The monoisotopic (exact) mass is 431 g/mol. The van der Waals surface area contributed by atoms with Gasteiger partial charge in [0.25, 0.3) is 5.91 Å². The molecule has 0 saturated carbocycles. The summed E-state index contributed by atoms with van der Waals surface area (Å²) in [6.45, 7) is 2.72. The average Bonchev–Trinajstić information content (AvgIpc) is 2.83. The fraction of sp³-hybridized carbons (Fsp3) is 0.154. The molecule has 6 nitrogen and oxygen atoms in total. The van der Waals surface area contributed by atoms with Gasteiger partial charge in [-0.05, 0) is 78.7 Å². The molecule has 3 rings (SSSR count). The van der Waals surface area contributed by atoms with Gasteiger partial charge in [-0.15, -0.1) is 0 Å². The van der Waals surface area contributed by atoms with Crippen molar-refractivity contribution in [3.63, 3.8) is 0 Å². The quantitative estimate of drug-likeness (QED) is 0.281. The molecule has 0 aliphatic heterocycles. The first-order valence-corrected chi connectivity index (χ1v) is 10.3. The Morgan fingerprint density at radius 1 is 0.844 bits per heavy atom. The van der Waals surface area contributed by atoms with Crippen molar-refractivity contribution in [2.24, 2.45) is 0 Å². The molecule has 0 radical (unpaired) electrons. The Balaban J connectivity index is 1.52. The van der Waals surface area contributed by atoms with Crippen molar-refractivity contribution in [2.75, 3.05) is 19.0 Å². The maximum Gasteiger partial charge on any atom is 0.336 e. The van der Waals surface area contributed by atoms with Crippen molar-refractivity contribution in [1.82, 2.24) is 0 Å². The van der Waals surface area contributed by atoms with Crippen LogP contribution in [-0.2, 0) is 4.79 Å². The number of hydrogen-bond acceptors (Lipinski definition) is 5. The SMILES string of the molecule is CCCOc1ccc(/C=C/C(=O)Oc2ccc(C(=O)Nc3ccc(OC)cc3)cc2)cc1. The van der Waals surface area contributed by atoms with Gasteiger partial charge in [0.05, 0.1) is 13.7 Å². The van der Waals surface area contributed by atoms with Crippen molar-refractivity contribution in [3.8, 4) is 17.2 Å². The zero-order valence-corrected chi connectivity index (χ0v) is 18.0. The van der Waals surface area contributed by atoms with Crippen LogP contribution in [0.1, 0.15) is 29.3 Å². The molecule has 164 valence electrons. The number of carbonyl (C=O) groups excluding carboxylic acids is 2. The summed E-state index contributed by atoms with van der Waals surface area (Å²) in [5.74, 6) is 1.08. The van der Waals surface area contributed by atoms with Crippen molar-refractivity contribution >= 4 is 23.6 Å². The molecule has 0 bridgehead atoms. The predicted octanol–water partition coefficient (Wildman–Crippen LogP) is 5.36. The second-order valence-corrected chi connectivity index (χ2v) is 6.88. The number of hydrogen-bond donors (Lipinski definition) is 1. The van der Waals surface area contributed by atoms with Crippen LogP contribution in [0.3, 0.4) is 0 Å². The molecular weight excluding hydrogens is 406 g/mol. The minimum atomic E-state index is -0.508. The van der Waals surface area contributed by atoms with E-state index in [-0.39, 0.29) is 5.91 Å². The molecule has 0 unspecified atom stereocenters. The summed E-state index contributed by atoms with van der Waals surface area (Å²) in [6, 6.07) is 20.8. The molecule has 0 atom stereocenters. The van der Waals surface area contributed by atoms with E-state index in [1.807, 2.05) is 31.2 Å². The third-order valence-electron chi connectivity index (χ3n) is 4.45. The van der Waals surface area contributed by atoms with Gasteiger partial charge >= 0.3 is 5.97 Å². The van der Waals surface area contributed by atoms with E-state index in [1.54, 1.807) is 61.7 Å². The lowest BCUT2D eigenvalue weighted by atomic mass is 10.2. The molecule has 0 fully saturated rings. The first-order valence-electron chi connectivity index (χ1n) is 10.3. The van der Waals surface area contributed by atoms with Crippen LogP contribution >= 0.6 is 0 Å². The number of methoxy groups -OCH3 is 1. The maximum atomic E-state index is 12.4. The van der Waals surface area contributed by atoms with Crippen LogP contribution in [0.25, 0.3) is 6.08 Å². The number of anilines is 1. The molecular formula is C26H25NO5. The van der Waals surface area contributed by atoms with E-state index < -0.39 is 5.97 Å². The molecule has 6 heteroatoms. The number of ether oxygens (including phenoxy) is 3. The molecule has 0 aromatic heterocycles. The van der Waals surface area contributed by atoms with E-state index in [2.05, 4.69) is 5.32 Å². The summed E-state index contributed by atoms with van der Waals surface area (Å²) in [6.07, 6.45) is 3.97. The Morgan fingerprint density at radius 2 is 1.47 bits per heavy atom. The Bertz CT molecular complexity index is 1050. The number of rotatable bonds is 9. The number of nitrogens with one attached hydrogen (secondary N) is 1. The van der Waals surface area contributed by atoms with Crippen molar-refractivity contribution in [3.05, 3.63) is 90.0 Å². The Morgan fingerprint density at radius 3 is 2.09 bits per heavy atom. The van der Waals surface area contributed by atoms with Crippen LogP contribution in [0.5, 0.6) is 17.2 Å². The van der Waals surface area contributed by atoms with Crippen LogP contribution in [0, 0.1) is 0 Å². The van der Waals surface area contributed by atoms with Crippen LogP contribution in [-0.4, -0.2) is 25.6 Å². The highest BCUT2D eigenvalue weighted by Crippen LogP contribution is 2.18. The van der Waals surface area contributed by atoms with E-state index >= 15 is 0 Å². The fourth-order valence-corrected chi connectivity index (χ4v) is 2.76. The second-order valence-electron chi connectivity index (χ2n) is 6.88. The van der Waals surface area contributed by atoms with E-state index in [1.165, 1.54) is 6.08 Å². The predicted molar refractivity (Wildman–Crippen MR) is 124 cm³/mol. The number of esters is 1. The smallest absolute Gasteiger partial charge is 0.336 e. The average molecular weight is 431 g/mol. The first-order chi connectivity index (χ1) is 15.6. The second kappa shape index (κ2) is 11.4. The van der Waals surface area contributed by atoms with Crippen LogP contribution in [0.2, 0.25) is 0 Å². The lowest BCUT2D eigenvalue weighted by Gasteiger charge is -2.07. The number of amides is 1. The van der Waals surface area contributed by atoms with Crippen molar-refractivity contribution in [2.45, 2.75) is 13.3 Å². The zero-order chi connectivity index (χ0) is 22.8.